The molecular weight excluding hydrogens is 446 g/mol. The van der Waals surface area contributed by atoms with Gasteiger partial charge in [-0.3, -0.25) is 14.5 Å². The third-order valence-corrected chi connectivity index (χ3v) is 7.16. The van der Waals surface area contributed by atoms with E-state index >= 15 is 0 Å². The molecule has 0 radical (unpaired) electrons. The molecule has 2 heterocycles. The number of methoxy groups -OCH3 is 1. The number of aromatic nitrogens is 1. The molecule has 7 heteroatoms. The molecule has 172 valence electrons. The van der Waals surface area contributed by atoms with Crippen LogP contribution in [-0.2, 0) is 22.6 Å². The van der Waals surface area contributed by atoms with Gasteiger partial charge in [-0.15, -0.1) is 0 Å². The van der Waals surface area contributed by atoms with E-state index in [-0.39, 0.29) is 24.2 Å². The van der Waals surface area contributed by atoms with Gasteiger partial charge in [-0.25, -0.2) is 4.98 Å². The van der Waals surface area contributed by atoms with Crippen LogP contribution in [0.15, 0.2) is 72.8 Å². The normalized spacial score (nSPS) is 15.0. The number of amides is 2. The Hall–Kier alpha value is -3.71. The molecule has 1 aliphatic rings. The molecule has 34 heavy (non-hydrogen) atoms. The Bertz CT molecular complexity index is 1340. The number of anilines is 2. The molecule has 0 spiro atoms. The number of benzene rings is 3. The van der Waals surface area contributed by atoms with Gasteiger partial charge in [0.15, 0.2) is 5.13 Å². The summed E-state index contributed by atoms with van der Waals surface area (Å²) in [5, 5.41) is 3.63. The van der Waals surface area contributed by atoms with Gasteiger partial charge in [0, 0.05) is 18.0 Å². The summed E-state index contributed by atoms with van der Waals surface area (Å²) in [6.07, 6.45) is 1.41. The number of nitrogens with one attached hydrogen (secondary N) is 1. The van der Waals surface area contributed by atoms with Gasteiger partial charge in [0.2, 0.25) is 11.8 Å². The zero-order valence-electron chi connectivity index (χ0n) is 18.9. The minimum absolute atomic E-state index is 0.0202. The second-order valence-electron chi connectivity index (χ2n) is 8.38. The van der Waals surface area contributed by atoms with Crippen LogP contribution in [0.3, 0.4) is 0 Å². The summed E-state index contributed by atoms with van der Waals surface area (Å²) in [5.41, 5.74) is 3.83. The fourth-order valence-corrected chi connectivity index (χ4v) is 5.25. The Morgan fingerprint density at radius 3 is 2.74 bits per heavy atom. The van der Waals surface area contributed by atoms with E-state index in [1.807, 2.05) is 72.8 Å². The van der Waals surface area contributed by atoms with Crippen LogP contribution < -0.4 is 15.0 Å². The molecule has 5 rings (SSSR count). The zero-order valence-corrected chi connectivity index (χ0v) is 19.7. The summed E-state index contributed by atoms with van der Waals surface area (Å²) in [6, 6.07) is 23.4. The summed E-state index contributed by atoms with van der Waals surface area (Å²) in [5.74, 6) is 0.471. The average Bonchev–Trinajstić information content (AvgIpc) is 3.29. The van der Waals surface area contributed by atoms with Crippen LogP contribution in [0.4, 0.5) is 10.8 Å². The quantitative estimate of drug-likeness (QED) is 0.390. The van der Waals surface area contributed by atoms with Crippen molar-refractivity contribution in [2.24, 2.45) is 5.92 Å². The highest BCUT2D eigenvalue weighted by Gasteiger charge is 2.28. The second-order valence-corrected chi connectivity index (χ2v) is 9.39. The van der Waals surface area contributed by atoms with Crippen molar-refractivity contribution < 1.29 is 14.3 Å². The maximum absolute atomic E-state index is 13.5. The lowest BCUT2D eigenvalue weighted by atomic mass is 9.89. The summed E-state index contributed by atoms with van der Waals surface area (Å²) in [6.45, 7) is 0.427. The molecule has 1 aromatic heterocycles. The van der Waals surface area contributed by atoms with Crippen molar-refractivity contribution in [2.45, 2.75) is 25.8 Å². The number of nitrogens with zero attached hydrogens (tertiary/aromatic N) is 2. The monoisotopic (exact) mass is 471 g/mol. The van der Waals surface area contributed by atoms with E-state index in [9.17, 15) is 9.59 Å². The van der Waals surface area contributed by atoms with Gasteiger partial charge in [0.25, 0.3) is 0 Å². The minimum Gasteiger partial charge on any atom is -0.497 e. The first kappa shape index (κ1) is 22.1. The molecule has 6 nitrogen and oxygen atoms in total. The van der Waals surface area contributed by atoms with E-state index in [0.717, 1.165) is 32.8 Å². The highest BCUT2D eigenvalue weighted by molar-refractivity contribution is 7.22. The van der Waals surface area contributed by atoms with Crippen molar-refractivity contribution in [3.8, 4) is 5.75 Å². The number of rotatable bonds is 7. The molecule has 4 aromatic rings. The number of hydrogen-bond acceptors (Lipinski definition) is 5. The van der Waals surface area contributed by atoms with Crippen molar-refractivity contribution in [3.63, 3.8) is 0 Å². The lowest BCUT2D eigenvalue weighted by molar-refractivity contribution is -0.121. The molecule has 0 fully saturated rings. The maximum atomic E-state index is 13.5. The summed E-state index contributed by atoms with van der Waals surface area (Å²) in [4.78, 5) is 32.6. The first-order valence-electron chi connectivity index (χ1n) is 11.3. The predicted octanol–water partition coefficient (Wildman–Crippen LogP) is 5.43. The molecule has 3 aromatic carbocycles. The highest BCUT2D eigenvalue weighted by Crippen LogP contribution is 2.33. The minimum atomic E-state index is -0.225. The van der Waals surface area contributed by atoms with Gasteiger partial charge in [0.1, 0.15) is 5.75 Å². The number of hydrogen-bond donors (Lipinski definition) is 1. The smallest absolute Gasteiger partial charge is 0.229 e. The molecule has 1 unspecified atom stereocenters. The number of fused-ring (bicyclic) bond motifs is 2. The average molecular weight is 472 g/mol. The van der Waals surface area contributed by atoms with E-state index in [1.54, 1.807) is 12.0 Å². The third-order valence-electron chi connectivity index (χ3n) is 6.12. The third kappa shape index (κ3) is 4.65. The summed E-state index contributed by atoms with van der Waals surface area (Å²) in [7, 11) is 1.63. The van der Waals surface area contributed by atoms with Gasteiger partial charge < -0.3 is 10.1 Å². The van der Waals surface area contributed by atoms with Crippen LogP contribution in [-0.4, -0.2) is 23.9 Å². The lowest BCUT2D eigenvalue weighted by Crippen LogP contribution is -2.33. The van der Waals surface area contributed by atoms with Crippen LogP contribution in [0.1, 0.15) is 24.0 Å². The van der Waals surface area contributed by atoms with Gasteiger partial charge in [-0.05, 0) is 48.2 Å². The number of para-hydroxylation sites is 1. The molecule has 1 N–H and O–H groups in total. The fraction of sp³-hybridized carbons (Fsp3) is 0.222. The first-order chi connectivity index (χ1) is 16.6. The van der Waals surface area contributed by atoms with Gasteiger partial charge in [-0.1, -0.05) is 59.9 Å². The van der Waals surface area contributed by atoms with Crippen LogP contribution >= 0.6 is 11.3 Å². The van der Waals surface area contributed by atoms with Crippen LogP contribution in [0.5, 0.6) is 5.75 Å². The second kappa shape index (κ2) is 9.65. The number of ether oxygens (including phenoxy) is 1. The van der Waals surface area contributed by atoms with Crippen molar-refractivity contribution in [1.82, 2.24) is 4.98 Å². The largest absolute Gasteiger partial charge is 0.497 e. The molecular formula is C27H25N3O3S. The van der Waals surface area contributed by atoms with E-state index in [4.69, 9.17) is 9.72 Å². The van der Waals surface area contributed by atoms with Crippen molar-refractivity contribution >= 4 is 44.2 Å². The molecule has 1 aliphatic heterocycles. The standard InChI is InChI=1S/C27H25N3O3S/c1-33-21-12-13-23-24(16-21)34-27(29-23)30(17-18-7-3-2-4-8-18)25(31)14-11-20-15-19-9-5-6-10-22(19)28-26(20)32/h2-10,12-13,16,20H,11,14-15,17H2,1H3,(H,28,32). The number of carbonyl (C=O) groups excluding carboxylic acids is 2. The SMILES string of the molecule is COc1ccc2nc(N(Cc3ccccc3)C(=O)CCC3Cc4ccccc4NC3=O)sc2c1. The van der Waals surface area contributed by atoms with Crippen LogP contribution in [0, 0.1) is 5.92 Å². The highest BCUT2D eigenvalue weighted by atomic mass is 32.1. The van der Waals surface area contributed by atoms with Gasteiger partial charge in [-0.2, -0.15) is 0 Å². The van der Waals surface area contributed by atoms with Crippen molar-refractivity contribution in [1.29, 1.82) is 0 Å². The van der Waals surface area contributed by atoms with E-state index < -0.39 is 0 Å². The van der Waals surface area contributed by atoms with Crippen LogP contribution in [0.2, 0.25) is 0 Å². The van der Waals surface area contributed by atoms with Crippen molar-refractivity contribution in [2.75, 3.05) is 17.3 Å². The number of thiazole rings is 1. The van der Waals surface area contributed by atoms with Crippen molar-refractivity contribution in [3.05, 3.63) is 83.9 Å². The predicted molar refractivity (Wildman–Crippen MR) is 135 cm³/mol. The molecule has 0 saturated carbocycles. The van der Waals surface area contributed by atoms with Crippen LogP contribution in [0.25, 0.3) is 10.2 Å². The Morgan fingerprint density at radius 2 is 1.91 bits per heavy atom. The molecule has 0 saturated heterocycles. The maximum Gasteiger partial charge on any atom is 0.229 e. The number of carbonyl (C=O) groups is 2. The summed E-state index contributed by atoms with van der Waals surface area (Å²) >= 11 is 1.47. The van der Waals surface area contributed by atoms with Gasteiger partial charge in [0.05, 0.1) is 23.9 Å². The Morgan fingerprint density at radius 1 is 1.12 bits per heavy atom. The molecule has 1 atom stereocenters. The molecule has 2 amide bonds. The van der Waals surface area contributed by atoms with E-state index in [2.05, 4.69) is 5.32 Å². The summed E-state index contributed by atoms with van der Waals surface area (Å²) < 4.78 is 6.30. The topological polar surface area (TPSA) is 71.5 Å². The molecule has 0 bridgehead atoms. The van der Waals surface area contributed by atoms with Gasteiger partial charge >= 0.3 is 0 Å². The molecule has 0 aliphatic carbocycles. The fourth-order valence-electron chi connectivity index (χ4n) is 4.24. The first-order valence-corrected chi connectivity index (χ1v) is 12.1. The van der Waals surface area contributed by atoms with E-state index in [0.29, 0.717) is 24.5 Å². The lowest BCUT2D eigenvalue weighted by Gasteiger charge is -2.25. The Balaban J connectivity index is 1.37. The Labute approximate surface area is 202 Å². The van der Waals surface area contributed by atoms with E-state index in [1.165, 1.54) is 11.3 Å². The zero-order chi connectivity index (χ0) is 23.5. The Kier molecular flexibility index (Phi) is 6.27.